The van der Waals surface area contributed by atoms with E-state index in [9.17, 15) is 14.4 Å². The summed E-state index contributed by atoms with van der Waals surface area (Å²) in [7, 11) is 4.18. The van der Waals surface area contributed by atoms with Gasteiger partial charge in [0.1, 0.15) is 18.8 Å². The van der Waals surface area contributed by atoms with Crippen molar-refractivity contribution < 1.29 is 42.8 Å². The van der Waals surface area contributed by atoms with Gasteiger partial charge in [-0.25, -0.2) is 0 Å². The van der Waals surface area contributed by atoms with Gasteiger partial charge in [-0.3, -0.25) is 14.4 Å². The molecule has 4 atom stereocenters. The van der Waals surface area contributed by atoms with Gasteiger partial charge in [-0.05, 0) is 0 Å². The molecule has 0 aliphatic heterocycles. The quantitative estimate of drug-likeness (QED) is 0.378. The first-order valence-electron chi connectivity index (χ1n) is 7.29. The van der Waals surface area contributed by atoms with Crippen molar-refractivity contribution in [3.8, 4) is 0 Å². The zero-order valence-corrected chi connectivity index (χ0v) is 14.9. The summed E-state index contributed by atoms with van der Waals surface area (Å²) in [6, 6.07) is 0. The Morgan fingerprint density at radius 2 is 1.29 bits per heavy atom. The molecule has 140 valence electrons. The van der Waals surface area contributed by atoms with Gasteiger partial charge in [0.25, 0.3) is 0 Å². The Labute approximate surface area is 141 Å². The first-order chi connectivity index (χ1) is 11.3. The Balaban J connectivity index is 5.46. The van der Waals surface area contributed by atoms with Crippen LogP contribution in [0.1, 0.15) is 20.8 Å². The first kappa shape index (κ1) is 22.3. The summed E-state index contributed by atoms with van der Waals surface area (Å²) >= 11 is 0. The van der Waals surface area contributed by atoms with Gasteiger partial charge in [0.05, 0.1) is 6.61 Å². The lowest BCUT2D eigenvalue weighted by Gasteiger charge is -2.34. The van der Waals surface area contributed by atoms with E-state index in [1.54, 1.807) is 0 Å². The van der Waals surface area contributed by atoms with Gasteiger partial charge in [-0.15, -0.1) is 0 Å². The number of esters is 3. The Morgan fingerprint density at radius 3 is 1.67 bits per heavy atom. The summed E-state index contributed by atoms with van der Waals surface area (Å²) in [4.78, 5) is 33.8. The van der Waals surface area contributed by atoms with Gasteiger partial charge in [0.2, 0.25) is 0 Å². The summed E-state index contributed by atoms with van der Waals surface area (Å²) in [5.74, 6) is -1.67. The lowest BCUT2D eigenvalue weighted by atomic mass is 10.0. The van der Waals surface area contributed by atoms with E-state index in [1.807, 2.05) is 0 Å². The highest BCUT2D eigenvalue weighted by Crippen LogP contribution is 2.18. The smallest absolute Gasteiger partial charge is 0.303 e. The van der Waals surface area contributed by atoms with Crippen molar-refractivity contribution in [2.24, 2.45) is 0 Å². The Bertz CT molecular complexity index is 410. The van der Waals surface area contributed by atoms with Crippen LogP contribution in [-0.4, -0.2) is 76.9 Å². The molecule has 0 fully saturated rings. The Morgan fingerprint density at radius 1 is 0.708 bits per heavy atom. The SMILES string of the molecule is COC[C@@H](OC(C)=O)[C@@H](OC(C)=O)[C@@H](OC)[C@@H](COC(C)=O)OC. The zero-order valence-electron chi connectivity index (χ0n) is 14.9. The van der Waals surface area contributed by atoms with Crippen LogP contribution in [0.2, 0.25) is 0 Å². The van der Waals surface area contributed by atoms with Crippen LogP contribution in [-0.2, 0) is 42.8 Å². The molecule has 0 amide bonds. The predicted molar refractivity (Wildman–Crippen MR) is 81.2 cm³/mol. The highest BCUT2D eigenvalue weighted by Gasteiger charge is 2.40. The molecule has 0 aromatic rings. The average molecular weight is 350 g/mol. The van der Waals surface area contributed by atoms with Gasteiger partial charge < -0.3 is 28.4 Å². The maximum atomic E-state index is 11.5. The molecule has 0 aromatic carbocycles. The van der Waals surface area contributed by atoms with Crippen LogP contribution >= 0.6 is 0 Å². The third-order valence-electron chi connectivity index (χ3n) is 3.03. The van der Waals surface area contributed by atoms with Crippen LogP contribution in [0.15, 0.2) is 0 Å². The molecule has 9 nitrogen and oxygen atoms in total. The number of carbonyl (C=O) groups excluding carboxylic acids is 3. The van der Waals surface area contributed by atoms with Crippen molar-refractivity contribution in [3.05, 3.63) is 0 Å². The number of methoxy groups -OCH3 is 3. The van der Waals surface area contributed by atoms with Crippen LogP contribution in [0, 0.1) is 0 Å². The van der Waals surface area contributed by atoms with E-state index in [-0.39, 0.29) is 13.2 Å². The van der Waals surface area contributed by atoms with Crippen molar-refractivity contribution in [1.82, 2.24) is 0 Å². The van der Waals surface area contributed by atoms with Crippen molar-refractivity contribution in [3.63, 3.8) is 0 Å². The van der Waals surface area contributed by atoms with E-state index in [0.717, 1.165) is 0 Å². The molecule has 0 saturated carbocycles. The minimum absolute atomic E-state index is 0.0264. The molecule has 0 aromatic heterocycles. The fourth-order valence-corrected chi connectivity index (χ4v) is 2.11. The van der Waals surface area contributed by atoms with Crippen LogP contribution in [0.4, 0.5) is 0 Å². The van der Waals surface area contributed by atoms with E-state index in [4.69, 9.17) is 28.4 Å². The molecule has 9 heteroatoms. The minimum atomic E-state index is -1.02. The normalized spacial score (nSPS) is 15.8. The largest absolute Gasteiger partial charge is 0.463 e. The van der Waals surface area contributed by atoms with Crippen LogP contribution in [0.3, 0.4) is 0 Å². The second-order valence-electron chi connectivity index (χ2n) is 4.95. The maximum Gasteiger partial charge on any atom is 0.303 e. The number of ether oxygens (including phenoxy) is 6. The molecule has 0 spiro atoms. The highest BCUT2D eigenvalue weighted by atomic mass is 16.6. The van der Waals surface area contributed by atoms with Crippen LogP contribution < -0.4 is 0 Å². The van der Waals surface area contributed by atoms with Crippen molar-refractivity contribution >= 4 is 17.9 Å². The van der Waals surface area contributed by atoms with Gasteiger partial charge >= 0.3 is 17.9 Å². The molecule has 0 saturated heterocycles. The van der Waals surface area contributed by atoms with E-state index in [1.165, 1.54) is 42.1 Å². The first-order valence-corrected chi connectivity index (χ1v) is 7.29. The molecule has 0 radical (unpaired) electrons. The van der Waals surface area contributed by atoms with Crippen LogP contribution in [0.5, 0.6) is 0 Å². The summed E-state index contributed by atoms with van der Waals surface area (Å²) in [6.07, 6.45) is -3.55. The molecule has 0 aliphatic rings. The average Bonchev–Trinajstić information content (AvgIpc) is 2.48. The zero-order chi connectivity index (χ0) is 18.7. The molecule has 0 aliphatic carbocycles. The van der Waals surface area contributed by atoms with Crippen molar-refractivity contribution in [2.75, 3.05) is 34.5 Å². The second-order valence-corrected chi connectivity index (χ2v) is 4.95. The Hall–Kier alpha value is -1.71. The summed E-state index contributed by atoms with van der Waals surface area (Å²) in [5.41, 5.74) is 0. The van der Waals surface area contributed by atoms with E-state index in [0.29, 0.717) is 0 Å². The fourth-order valence-electron chi connectivity index (χ4n) is 2.11. The van der Waals surface area contributed by atoms with Gasteiger partial charge in [0.15, 0.2) is 12.2 Å². The van der Waals surface area contributed by atoms with Gasteiger partial charge in [-0.1, -0.05) is 0 Å². The molecule has 0 rings (SSSR count). The van der Waals surface area contributed by atoms with Crippen molar-refractivity contribution in [1.29, 1.82) is 0 Å². The number of hydrogen-bond donors (Lipinski definition) is 0. The monoisotopic (exact) mass is 350 g/mol. The summed E-state index contributed by atoms with van der Waals surface area (Å²) in [6.45, 7) is 3.54. The van der Waals surface area contributed by atoms with E-state index in [2.05, 4.69) is 0 Å². The lowest BCUT2D eigenvalue weighted by molar-refractivity contribution is -0.196. The topological polar surface area (TPSA) is 107 Å². The number of carbonyl (C=O) groups is 3. The number of hydrogen-bond acceptors (Lipinski definition) is 9. The third-order valence-corrected chi connectivity index (χ3v) is 3.03. The molecule has 0 unspecified atom stereocenters. The van der Waals surface area contributed by atoms with E-state index >= 15 is 0 Å². The molecule has 0 N–H and O–H groups in total. The molecule has 0 bridgehead atoms. The lowest BCUT2D eigenvalue weighted by Crippen LogP contribution is -2.52. The van der Waals surface area contributed by atoms with Crippen molar-refractivity contribution in [2.45, 2.75) is 45.2 Å². The molecule has 24 heavy (non-hydrogen) atoms. The highest BCUT2D eigenvalue weighted by molar-refractivity contribution is 5.67. The molecular formula is C15H26O9. The molecule has 0 heterocycles. The minimum Gasteiger partial charge on any atom is -0.463 e. The van der Waals surface area contributed by atoms with Gasteiger partial charge in [0, 0.05) is 42.1 Å². The summed E-state index contributed by atoms with van der Waals surface area (Å²) in [5, 5.41) is 0. The van der Waals surface area contributed by atoms with E-state index < -0.39 is 42.3 Å². The third kappa shape index (κ3) is 8.23. The maximum absolute atomic E-state index is 11.5. The predicted octanol–water partition coefficient (Wildman–Crippen LogP) is 0.0893. The van der Waals surface area contributed by atoms with Gasteiger partial charge in [-0.2, -0.15) is 0 Å². The van der Waals surface area contributed by atoms with Crippen LogP contribution in [0.25, 0.3) is 0 Å². The Kier molecular flexibility index (Phi) is 10.9. The number of rotatable bonds is 11. The molecular weight excluding hydrogens is 324 g/mol. The fraction of sp³-hybridized carbons (Fsp3) is 0.800. The second kappa shape index (κ2) is 11.8. The summed E-state index contributed by atoms with van der Waals surface area (Å²) < 4.78 is 31.0. The standard InChI is InChI=1S/C15H26O9/c1-9(16)22-8-12(20-5)14(21-6)15(24-11(3)18)13(7-19-4)23-10(2)17/h12-15H,7-8H2,1-6H3/t12-,13-,14+,15-/m1/s1.